The van der Waals surface area contributed by atoms with Crippen LogP contribution in [0.1, 0.15) is 12.5 Å². The van der Waals surface area contributed by atoms with Crippen LogP contribution in [-0.4, -0.2) is 28.6 Å². The number of hydrogen-bond acceptors (Lipinski definition) is 5. The smallest absolute Gasteiger partial charge is 0.150 e. The molecule has 14 heavy (non-hydrogen) atoms. The Bertz CT molecular complexity index is 405. The summed E-state index contributed by atoms with van der Waals surface area (Å²) in [6, 6.07) is 0. The summed E-state index contributed by atoms with van der Waals surface area (Å²) in [5.74, 6) is 0.972. The SMILES string of the molecule is CC1ON=C2c3cnncc3OCC21. The van der Waals surface area contributed by atoms with E-state index >= 15 is 0 Å². The fourth-order valence-electron chi connectivity index (χ4n) is 1.76. The molecule has 0 bridgehead atoms. The van der Waals surface area contributed by atoms with E-state index in [4.69, 9.17) is 9.57 Å². The van der Waals surface area contributed by atoms with Crippen LogP contribution in [0.15, 0.2) is 17.5 Å². The highest BCUT2D eigenvalue weighted by Gasteiger charge is 2.37. The predicted octanol–water partition coefficient (Wildman–Crippen LogP) is 0.608. The van der Waals surface area contributed by atoms with Gasteiger partial charge in [-0.05, 0) is 6.92 Å². The summed E-state index contributed by atoms with van der Waals surface area (Å²) < 4.78 is 5.54. The number of nitrogens with zero attached hydrogens (tertiary/aromatic N) is 3. The summed E-state index contributed by atoms with van der Waals surface area (Å²) >= 11 is 0. The summed E-state index contributed by atoms with van der Waals surface area (Å²) in [5.41, 5.74) is 1.84. The third-order valence-electron chi connectivity index (χ3n) is 2.62. The first-order valence-corrected chi connectivity index (χ1v) is 4.54. The topological polar surface area (TPSA) is 56.6 Å². The second kappa shape index (κ2) is 2.67. The van der Waals surface area contributed by atoms with E-state index in [2.05, 4.69) is 15.4 Å². The minimum Gasteiger partial charge on any atom is -0.490 e. The fraction of sp³-hybridized carbons (Fsp3) is 0.444. The molecule has 2 aliphatic rings. The van der Waals surface area contributed by atoms with E-state index in [-0.39, 0.29) is 12.0 Å². The molecule has 5 nitrogen and oxygen atoms in total. The van der Waals surface area contributed by atoms with Crippen molar-refractivity contribution in [2.45, 2.75) is 13.0 Å². The van der Waals surface area contributed by atoms with Gasteiger partial charge in [0.05, 0.1) is 23.9 Å². The molecule has 0 aromatic carbocycles. The molecule has 0 radical (unpaired) electrons. The molecule has 0 saturated carbocycles. The molecule has 0 saturated heterocycles. The average molecular weight is 191 g/mol. The zero-order valence-corrected chi connectivity index (χ0v) is 7.67. The summed E-state index contributed by atoms with van der Waals surface area (Å²) in [6.07, 6.45) is 3.37. The first-order chi connectivity index (χ1) is 6.86. The van der Waals surface area contributed by atoms with Crippen molar-refractivity contribution in [2.75, 3.05) is 6.61 Å². The number of aromatic nitrogens is 2. The molecule has 2 aliphatic heterocycles. The molecule has 1 aromatic heterocycles. The van der Waals surface area contributed by atoms with Gasteiger partial charge in [-0.3, -0.25) is 0 Å². The second-order valence-electron chi connectivity index (χ2n) is 3.47. The average Bonchev–Trinajstić information content (AvgIpc) is 2.61. The molecule has 3 rings (SSSR count). The van der Waals surface area contributed by atoms with Gasteiger partial charge < -0.3 is 9.57 Å². The maximum absolute atomic E-state index is 5.54. The summed E-state index contributed by atoms with van der Waals surface area (Å²) in [4.78, 5) is 5.22. The van der Waals surface area contributed by atoms with Crippen LogP contribution < -0.4 is 4.74 Å². The van der Waals surface area contributed by atoms with Crippen molar-refractivity contribution in [3.8, 4) is 5.75 Å². The van der Waals surface area contributed by atoms with Crippen molar-refractivity contribution in [2.24, 2.45) is 11.1 Å². The molecule has 2 atom stereocenters. The number of hydrogen-bond donors (Lipinski definition) is 0. The Hall–Kier alpha value is -1.65. The third-order valence-corrected chi connectivity index (χ3v) is 2.62. The van der Waals surface area contributed by atoms with Crippen molar-refractivity contribution < 1.29 is 9.57 Å². The molecule has 0 amide bonds. The Morgan fingerprint density at radius 1 is 1.36 bits per heavy atom. The van der Waals surface area contributed by atoms with E-state index in [0.717, 1.165) is 17.0 Å². The molecule has 5 heteroatoms. The van der Waals surface area contributed by atoms with Crippen LogP contribution in [-0.2, 0) is 4.84 Å². The lowest BCUT2D eigenvalue weighted by atomic mass is 9.93. The second-order valence-corrected chi connectivity index (χ2v) is 3.47. The van der Waals surface area contributed by atoms with Gasteiger partial charge in [-0.25, -0.2) is 0 Å². The number of rotatable bonds is 0. The largest absolute Gasteiger partial charge is 0.490 e. The third kappa shape index (κ3) is 0.921. The van der Waals surface area contributed by atoms with Crippen LogP contribution in [0.2, 0.25) is 0 Å². The van der Waals surface area contributed by atoms with Gasteiger partial charge in [0.2, 0.25) is 0 Å². The highest BCUT2D eigenvalue weighted by Crippen LogP contribution is 2.32. The lowest BCUT2D eigenvalue weighted by Gasteiger charge is -2.22. The Balaban J connectivity index is 2.10. The first-order valence-electron chi connectivity index (χ1n) is 4.54. The molecule has 0 fully saturated rings. The van der Waals surface area contributed by atoms with Gasteiger partial charge in [0.25, 0.3) is 0 Å². The predicted molar refractivity (Wildman–Crippen MR) is 48.1 cm³/mol. The lowest BCUT2D eigenvalue weighted by Crippen LogP contribution is -2.32. The highest BCUT2D eigenvalue weighted by atomic mass is 16.6. The van der Waals surface area contributed by atoms with Crippen LogP contribution in [0.25, 0.3) is 0 Å². The fourth-order valence-corrected chi connectivity index (χ4v) is 1.76. The number of oxime groups is 1. The lowest BCUT2D eigenvalue weighted by molar-refractivity contribution is 0.0625. The van der Waals surface area contributed by atoms with E-state index in [0.29, 0.717) is 6.61 Å². The van der Waals surface area contributed by atoms with Gasteiger partial charge in [0.1, 0.15) is 24.2 Å². The van der Waals surface area contributed by atoms with Crippen molar-refractivity contribution in [3.63, 3.8) is 0 Å². The van der Waals surface area contributed by atoms with Crippen LogP contribution in [0, 0.1) is 5.92 Å². The van der Waals surface area contributed by atoms with E-state index in [1.54, 1.807) is 12.4 Å². The van der Waals surface area contributed by atoms with Crippen molar-refractivity contribution in [1.29, 1.82) is 0 Å². The standard InChI is InChI=1S/C9H9N3O2/c1-5-7-4-13-8-3-11-10-2-6(8)9(7)12-14-5/h2-3,5,7H,4H2,1H3. The monoisotopic (exact) mass is 191 g/mol. The normalized spacial score (nSPS) is 28.2. The first kappa shape index (κ1) is 7.73. The maximum atomic E-state index is 5.54. The Morgan fingerprint density at radius 3 is 3.14 bits per heavy atom. The van der Waals surface area contributed by atoms with E-state index in [9.17, 15) is 0 Å². The summed E-state index contributed by atoms with van der Waals surface area (Å²) in [6.45, 7) is 2.60. The van der Waals surface area contributed by atoms with Crippen molar-refractivity contribution in [3.05, 3.63) is 18.0 Å². The Labute approximate surface area is 80.7 Å². The molecule has 3 heterocycles. The van der Waals surface area contributed by atoms with Gasteiger partial charge in [0.15, 0.2) is 0 Å². The van der Waals surface area contributed by atoms with Gasteiger partial charge in [0, 0.05) is 0 Å². The zero-order chi connectivity index (χ0) is 9.54. The molecular formula is C9H9N3O2. The summed E-state index contributed by atoms with van der Waals surface area (Å²) in [7, 11) is 0. The van der Waals surface area contributed by atoms with Gasteiger partial charge in [-0.1, -0.05) is 5.16 Å². The number of ether oxygens (including phenoxy) is 1. The molecule has 0 spiro atoms. The summed E-state index contributed by atoms with van der Waals surface area (Å²) in [5, 5.41) is 11.6. The van der Waals surface area contributed by atoms with Crippen molar-refractivity contribution >= 4 is 5.71 Å². The quantitative estimate of drug-likeness (QED) is 0.602. The molecule has 72 valence electrons. The number of fused-ring (bicyclic) bond motifs is 3. The van der Waals surface area contributed by atoms with Crippen LogP contribution in [0.4, 0.5) is 0 Å². The zero-order valence-electron chi connectivity index (χ0n) is 7.67. The molecular weight excluding hydrogens is 182 g/mol. The molecule has 2 unspecified atom stereocenters. The minimum absolute atomic E-state index is 0.0892. The molecule has 0 aliphatic carbocycles. The maximum Gasteiger partial charge on any atom is 0.150 e. The van der Waals surface area contributed by atoms with Gasteiger partial charge in [-0.15, -0.1) is 0 Å². The Morgan fingerprint density at radius 2 is 2.21 bits per heavy atom. The van der Waals surface area contributed by atoms with Gasteiger partial charge in [-0.2, -0.15) is 10.2 Å². The van der Waals surface area contributed by atoms with Crippen LogP contribution in [0.5, 0.6) is 5.75 Å². The van der Waals surface area contributed by atoms with Crippen molar-refractivity contribution in [1.82, 2.24) is 10.2 Å². The highest BCUT2D eigenvalue weighted by molar-refractivity contribution is 6.05. The van der Waals surface area contributed by atoms with E-state index in [1.165, 1.54) is 0 Å². The molecule has 0 N–H and O–H groups in total. The van der Waals surface area contributed by atoms with Crippen LogP contribution >= 0.6 is 0 Å². The molecule has 1 aromatic rings. The van der Waals surface area contributed by atoms with E-state index < -0.39 is 0 Å². The van der Waals surface area contributed by atoms with E-state index in [1.807, 2.05) is 6.92 Å². The van der Waals surface area contributed by atoms with Gasteiger partial charge >= 0.3 is 0 Å². The minimum atomic E-state index is 0.0892. The Kier molecular flexibility index (Phi) is 1.47. The van der Waals surface area contributed by atoms with Crippen LogP contribution in [0.3, 0.4) is 0 Å².